The normalized spacial score (nSPS) is 15.0. The molecule has 156 valence electrons. The third-order valence-corrected chi connectivity index (χ3v) is 5.32. The Kier molecular flexibility index (Phi) is 7.05. The number of amides is 1. The van der Waals surface area contributed by atoms with Crippen LogP contribution in [-0.2, 0) is 11.3 Å². The molecule has 0 radical (unpaired) electrons. The highest BCUT2D eigenvalue weighted by atomic mass is 35.5. The van der Waals surface area contributed by atoms with Crippen molar-refractivity contribution in [2.45, 2.75) is 13.0 Å². The monoisotopic (exact) mass is 445 g/mol. The summed E-state index contributed by atoms with van der Waals surface area (Å²) in [6.07, 6.45) is -1.23. The van der Waals surface area contributed by atoms with Gasteiger partial charge in [0.15, 0.2) is 0 Å². The number of hydrogen-bond acceptors (Lipinski definition) is 5. The van der Waals surface area contributed by atoms with Crippen LogP contribution in [0, 0.1) is 0 Å². The first-order valence-electron chi connectivity index (χ1n) is 8.90. The zero-order valence-corrected chi connectivity index (χ0v) is 16.8. The molecule has 0 saturated carbocycles. The lowest BCUT2D eigenvalue weighted by molar-refractivity contribution is -0.117. The van der Waals surface area contributed by atoms with Gasteiger partial charge in [0.25, 0.3) is 12.0 Å². The molecule has 29 heavy (non-hydrogen) atoms. The van der Waals surface area contributed by atoms with E-state index in [4.69, 9.17) is 23.2 Å². The Labute approximate surface area is 175 Å². The number of benzene rings is 1. The average Bonchev–Trinajstić information content (AvgIpc) is 2.67. The van der Waals surface area contributed by atoms with E-state index in [0.717, 1.165) is 4.68 Å². The smallest absolute Gasteiger partial charge is 0.269 e. The van der Waals surface area contributed by atoms with Crippen LogP contribution < -0.4 is 15.8 Å². The van der Waals surface area contributed by atoms with Crippen molar-refractivity contribution < 1.29 is 13.6 Å². The van der Waals surface area contributed by atoms with Crippen molar-refractivity contribution in [1.82, 2.24) is 14.7 Å². The van der Waals surface area contributed by atoms with E-state index < -0.39 is 18.5 Å². The molecule has 1 aliphatic rings. The molecule has 1 aromatic carbocycles. The lowest BCUT2D eigenvalue weighted by Gasteiger charge is -2.35. The van der Waals surface area contributed by atoms with Crippen molar-refractivity contribution >= 4 is 40.5 Å². The molecule has 1 N–H and O–H groups in total. The summed E-state index contributed by atoms with van der Waals surface area (Å²) in [5.74, 6) is -0.209. The fourth-order valence-electron chi connectivity index (χ4n) is 3.02. The van der Waals surface area contributed by atoms with Crippen LogP contribution in [0.2, 0.25) is 10.0 Å². The molecule has 2 heterocycles. The second-order valence-corrected chi connectivity index (χ2v) is 7.32. The minimum absolute atomic E-state index is 0.185. The van der Waals surface area contributed by atoms with Crippen molar-refractivity contribution in [2.24, 2.45) is 0 Å². The minimum atomic E-state index is -2.64. The molecule has 0 atom stereocenters. The Bertz CT molecular complexity index is 933. The Balaban J connectivity index is 1.52. The average molecular weight is 446 g/mol. The summed E-state index contributed by atoms with van der Waals surface area (Å²) >= 11 is 12.0. The summed E-state index contributed by atoms with van der Waals surface area (Å²) in [6, 6.07) is 6.32. The molecule has 1 amide bonds. The van der Waals surface area contributed by atoms with E-state index in [1.54, 1.807) is 18.2 Å². The molecule has 3 rings (SSSR count). The Hall–Kier alpha value is -2.23. The standard InChI is InChI=1S/C18H19Cl2F2N5O2/c19-13-2-1-3-14(18(13)20)24-16(28)11-25-4-6-26(7-5-25)12-8-17(29)27(23-9-12)10-15(21)22/h1-3,8-9,15H,4-7,10-11H2,(H,24,28). The molecular formula is C18H19Cl2F2N5O2. The first-order chi connectivity index (χ1) is 13.8. The molecule has 1 aromatic heterocycles. The van der Waals surface area contributed by atoms with Crippen molar-refractivity contribution in [1.29, 1.82) is 0 Å². The minimum Gasteiger partial charge on any atom is -0.368 e. The Morgan fingerprint density at radius 1 is 1.21 bits per heavy atom. The van der Waals surface area contributed by atoms with Gasteiger partial charge in [-0.15, -0.1) is 0 Å². The summed E-state index contributed by atoms with van der Waals surface area (Å²) < 4.78 is 25.6. The second-order valence-electron chi connectivity index (χ2n) is 6.54. The molecule has 0 aliphatic carbocycles. The number of aromatic nitrogens is 2. The molecule has 7 nitrogen and oxygen atoms in total. The predicted octanol–water partition coefficient (Wildman–Crippen LogP) is 2.58. The zero-order chi connectivity index (χ0) is 21.0. The van der Waals surface area contributed by atoms with Crippen molar-refractivity contribution in [2.75, 3.05) is 42.9 Å². The number of rotatable bonds is 6. The largest absolute Gasteiger partial charge is 0.368 e. The number of piperazine rings is 1. The lowest BCUT2D eigenvalue weighted by atomic mass is 10.2. The zero-order valence-electron chi connectivity index (χ0n) is 15.3. The highest BCUT2D eigenvalue weighted by Gasteiger charge is 2.21. The number of carbonyl (C=O) groups excluding carboxylic acids is 1. The first-order valence-corrected chi connectivity index (χ1v) is 9.65. The molecule has 1 aliphatic heterocycles. The van der Waals surface area contributed by atoms with Gasteiger partial charge in [0.2, 0.25) is 5.91 Å². The maximum absolute atomic E-state index is 12.4. The number of alkyl halides is 2. The summed E-state index contributed by atoms with van der Waals surface area (Å²) in [5, 5.41) is 7.21. The molecule has 1 saturated heterocycles. The molecule has 0 unspecified atom stereocenters. The molecule has 0 bridgehead atoms. The van der Waals surface area contributed by atoms with Crippen LogP contribution >= 0.6 is 23.2 Å². The van der Waals surface area contributed by atoms with Gasteiger partial charge in [-0.1, -0.05) is 29.3 Å². The van der Waals surface area contributed by atoms with E-state index >= 15 is 0 Å². The Morgan fingerprint density at radius 2 is 1.93 bits per heavy atom. The van der Waals surface area contributed by atoms with Crippen LogP contribution in [0.5, 0.6) is 0 Å². The lowest BCUT2D eigenvalue weighted by Crippen LogP contribution is -2.49. The van der Waals surface area contributed by atoms with E-state index in [9.17, 15) is 18.4 Å². The van der Waals surface area contributed by atoms with Gasteiger partial charge in [-0.05, 0) is 12.1 Å². The van der Waals surface area contributed by atoms with Crippen LogP contribution in [0.15, 0.2) is 35.3 Å². The van der Waals surface area contributed by atoms with E-state index in [1.807, 2.05) is 9.80 Å². The molecule has 0 spiro atoms. The summed E-state index contributed by atoms with van der Waals surface area (Å²) in [7, 11) is 0. The first kappa shape index (κ1) is 21.5. The maximum Gasteiger partial charge on any atom is 0.269 e. The van der Waals surface area contributed by atoms with Crippen molar-refractivity contribution in [3.63, 3.8) is 0 Å². The number of nitrogens with one attached hydrogen (secondary N) is 1. The van der Waals surface area contributed by atoms with E-state index in [1.165, 1.54) is 12.3 Å². The fraction of sp³-hybridized carbons (Fsp3) is 0.389. The highest BCUT2D eigenvalue weighted by molar-refractivity contribution is 6.44. The molecule has 1 fully saturated rings. The quantitative estimate of drug-likeness (QED) is 0.739. The van der Waals surface area contributed by atoms with E-state index in [-0.39, 0.29) is 12.5 Å². The van der Waals surface area contributed by atoms with Gasteiger partial charge in [0.1, 0.15) is 6.54 Å². The summed E-state index contributed by atoms with van der Waals surface area (Å²) in [4.78, 5) is 28.1. The third-order valence-electron chi connectivity index (χ3n) is 4.50. The molecule has 2 aromatic rings. The van der Waals surface area contributed by atoms with Crippen LogP contribution in [0.1, 0.15) is 0 Å². The topological polar surface area (TPSA) is 70.5 Å². The SMILES string of the molecule is O=C(CN1CCN(c2cnn(CC(F)F)c(=O)c2)CC1)Nc1cccc(Cl)c1Cl. The van der Waals surface area contributed by atoms with Crippen LogP contribution in [-0.4, -0.2) is 59.7 Å². The van der Waals surface area contributed by atoms with Crippen LogP contribution in [0.3, 0.4) is 0 Å². The van der Waals surface area contributed by atoms with Crippen LogP contribution in [0.4, 0.5) is 20.2 Å². The highest BCUT2D eigenvalue weighted by Crippen LogP contribution is 2.29. The summed E-state index contributed by atoms with van der Waals surface area (Å²) in [5.41, 5.74) is 0.469. The number of hydrogen-bond donors (Lipinski definition) is 1. The van der Waals surface area contributed by atoms with Gasteiger partial charge in [-0.3, -0.25) is 14.5 Å². The number of nitrogens with zero attached hydrogens (tertiary/aromatic N) is 4. The molecular weight excluding hydrogens is 427 g/mol. The van der Waals surface area contributed by atoms with E-state index in [2.05, 4.69) is 10.4 Å². The van der Waals surface area contributed by atoms with Gasteiger partial charge in [0.05, 0.1) is 34.2 Å². The van der Waals surface area contributed by atoms with Gasteiger partial charge < -0.3 is 10.2 Å². The predicted molar refractivity (Wildman–Crippen MR) is 108 cm³/mol. The van der Waals surface area contributed by atoms with Gasteiger partial charge in [0, 0.05) is 32.2 Å². The second kappa shape index (κ2) is 9.51. The van der Waals surface area contributed by atoms with Gasteiger partial charge >= 0.3 is 0 Å². The van der Waals surface area contributed by atoms with Crippen molar-refractivity contribution in [3.8, 4) is 0 Å². The van der Waals surface area contributed by atoms with Gasteiger partial charge in [-0.25, -0.2) is 13.5 Å². The maximum atomic E-state index is 12.4. The van der Waals surface area contributed by atoms with Crippen molar-refractivity contribution in [3.05, 3.63) is 50.9 Å². The third kappa shape index (κ3) is 5.65. The van der Waals surface area contributed by atoms with E-state index in [0.29, 0.717) is 47.6 Å². The molecule has 11 heteroatoms. The summed E-state index contributed by atoms with van der Waals surface area (Å²) in [6.45, 7) is 1.80. The fourth-order valence-corrected chi connectivity index (χ4v) is 3.37. The number of anilines is 2. The number of halogens is 4. The Morgan fingerprint density at radius 3 is 2.59 bits per heavy atom. The van der Waals surface area contributed by atoms with Gasteiger partial charge in [-0.2, -0.15) is 5.10 Å². The number of carbonyl (C=O) groups is 1. The van der Waals surface area contributed by atoms with Crippen LogP contribution in [0.25, 0.3) is 0 Å².